The molecule has 0 bridgehead atoms. The summed E-state index contributed by atoms with van der Waals surface area (Å²) in [6, 6.07) is 2.29. The minimum atomic E-state index is 0. The Balaban J connectivity index is 0.00000200. The summed E-state index contributed by atoms with van der Waals surface area (Å²) in [6.45, 7) is 8.00. The molecule has 1 atom stereocenters. The Morgan fingerprint density at radius 1 is 1.50 bits per heavy atom. The van der Waals surface area contributed by atoms with Gasteiger partial charge in [-0.2, -0.15) is 0 Å². The quantitative estimate of drug-likeness (QED) is 0.930. The maximum Gasteiger partial charge on any atom is 0.263 e. The van der Waals surface area contributed by atoms with E-state index in [2.05, 4.69) is 20.8 Å². The second-order valence-corrected chi connectivity index (χ2v) is 6.70. The molecular weight excluding hydrogens is 292 g/mol. The zero-order chi connectivity index (χ0) is 14.0. The predicted molar refractivity (Wildman–Crippen MR) is 88.0 cm³/mol. The number of hydrogen-bond acceptors (Lipinski definition) is 3. The number of carbonyl (C=O) groups is 1. The van der Waals surface area contributed by atoms with Crippen LogP contribution in [-0.2, 0) is 6.42 Å². The van der Waals surface area contributed by atoms with E-state index in [1.54, 1.807) is 11.3 Å². The van der Waals surface area contributed by atoms with Gasteiger partial charge in [0.2, 0.25) is 0 Å². The van der Waals surface area contributed by atoms with Gasteiger partial charge in [0.15, 0.2) is 0 Å². The number of piperidine rings is 1. The average molecular weight is 317 g/mol. The van der Waals surface area contributed by atoms with Crippen molar-refractivity contribution in [3.05, 3.63) is 21.4 Å². The predicted octanol–water partition coefficient (Wildman–Crippen LogP) is 3.24. The fourth-order valence-electron chi connectivity index (χ4n) is 2.76. The number of halogens is 1. The number of aryl methyl sites for hydroxylation is 2. The molecule has 1 aromatic rings. The van der Waals surface area contributed by atoms with E-state index in [1.165, 1.54) is 10.4 Å². The molecule has 1 aromatic heterocycles. The summed E-state index contributed by atoms with van der Waals surface area (Å²) >= 11 is 1.65. The maximum absolute atomic E-state index is 12.5. The Hall–Kier alpha value is -0.580. The van der Waals surface area contributed by atoms with Gasteiger partial charge in [0.05, 0.1) is 4.88 Å². The molecule has 1 aliphatic rings. The van der Waals surface area contributed by atoms with Gasteiger partial charge < -0.3 is 10.6 Å². The van der Waals surface area contributed by atoms with Crippen LogP contribution < -0.4 is 5.73 Å². The third kappa shape index (κ3) is 3.74. The molecule has 2 N–H and O–H groups in total. The fourth-order valence-corrected chi connectivity index (χ4v) is 3.84. The Morgan fingerprint density at radius 3 is 2.55 bits per heavy atom. The van der Waals surface area contributed by atoms with Crippen LogP contribution in [0.5, 0.6) is 0 Å². The summed E-state index contributed by atoms with van der Waals surface area (Å²) in [4.78, 5) is 16.7. The van der Waals surface area contributed by atoms with Crippen LogP contribution in [0, 0.1) is 12.8 Å². The molecular formula is C15H25ClN2OS. The Morgan fingerprint density at radius 2 is 2.10 bits per heavy atom. The number of carbonyl (C=O) groups excluding carboxylic acids is 1. The largest absolute Gasteiger partial charge is 0.338 e. The molecule has 2 heterocycles. The third-order valence-corrected chi connectivity index (χ3v) is 5.49. The highest BCUT2D eigenvalue weighted by atomic mass is 35.5. The molecule has 0 aromatic carbocycles. The number of nitrogens with zero attached hydrogens (tertiary/aromatic N) is 1. The van der Waals surface area contributed by atoms with Crippen molar-refractivity contribution in [2.24, 2.45) is 11.7 Å². The molecule has 20 heavy (non-hydrogen) atoms. The highest BCUT2D eigenvalue weighted by Crippen LogP contribution is 2.26. The molecule has 0 aliphatic carbocycles. The molecule has 114 valence electrons. The zero-order valence-electron chi connectivity index (χ0n) is 12.5. The van der Waals surface area contributed by atoms with Gasteiger partial charge in [-0.15, -0.1) is 23.7 Å². The van der Waals surface area contributed by atoms with Crippen LogP contribution in [0.15, 0.2) is 6.07 Å². The van der Waals surface area contributed by atoms with Crippen molar-refractivity contribution < 1.29 is 4.79 Å². The topological polar surface area (TPSA) is 46.3 Å². The maximum atomic E-state index is 12.5. The van der Waals surface area contributed by atoms with Crippen molar-refractivity contribution in [3.63, 3.8) is 0 Å². The van der Waals surface area contributed by atoms with E-state index in [4.69, 9.17) is 5.73 Å². The van der Waals surface area contributed by atoms with E-state index in [9.17, 15) is 4.79 Å². The van der Waals surface area contributed by atoms with E-state index < -0.39 is 0 Å². The van der Waals surface area contributed by atoms with E-state index in [0.29, 0.717) is 5.92 Å². The van der Waals surface area contributed by atoms with E-state index in [1.807, 2.05) is 11.0 Å². The highest BCUT2D eigenvalue weighted by Gasteiger charge is 2.26. The van der Waals surface area contributed by atoms with Crippen LogP contribution in [0.2, 0.25) is 0 Å². The van der Waals surface area contributed by atoms with E-state index in [-0.39, 0.29) is 24.4 Å². The average Bonchev–Trinajstić information content (AvgIpc) is 2.79. The minimum Gasteiger partial charge on any atom is -0.338 e. The Kier molecular flexibility index (Phi) is 6.49. The normalized spacial score (nSPS) is 17.7. The van der Waals surface area contributed by atoms with E-state index in [0.717, 1.165) is 37.2 Å². The molecule has 3 nitrogen and oxygen atoms in total. The van der Waals surface area contributed by atoms with Crippen molar-refractivity contribution in [3.8, 4) is 0 Å². The summed E-state index contributed by atoms with van der Waals surface area (Å²) in [7, 11) is 0. The molecule has 1 aliphatic heterocycles. The van der Waals surface area contributed by atoms with Gasteiger partial charge in [0.1, 0.15) is 0 Å². The number of amides is 1. The number of rotatable bonds is 3. The van der Waals surface area contributed by atoms with Crippen LogP contribution >= 0.6 is 23.7 Å². The lowest BCUT2D eigenvalue weighted by Gasteiger charge is -2.33. The summed E-state index contributed by atoms with van der Waals surface area (Å²) in [6.07, 6.45) is 3.08. The number of hydrogen-bond donors (Lipinski definition) is 1. The van der Waals surface area contributed by atoms with Crippen molar-refractivity contribution in [1.29, 1.82) is 0 Å². The van der Waals surface area contributed by atoms with Gasteiger partial charge in [-0.3, -0.25) is 4.79 Å². The first kappa shape index (κ1) is 17.5. The second-order valence-electron chi connectivity index (χ2n) is 5.56. The van der Waals surface area contributed by atoms with Crippen molar-refractivity contribution in [2.45, 2.75) is 46.1 Å². The highest BCUT2D eigenvalue weighted by molar-refractivity contribution is 7.14. The summed E-state index contributed by atoms with van der Waals surface area (Å²) in [5, 5.41) is 0. The first-order valence-electron chi connectivity index (χ1n) is 7.17. The molecule has 0 spiro atoms. The molecule has 1 unspecified atom stereocenters. The van der Waals surface area contributed by atoms with Gasteiger partial charge in [0.25, 0.3) is 5.91 Å². The van der Waals surface area contributed by atoms with Crippen LogP contribution in [0.1, 0.15) is 46.8 Å². The molecule has 1 fully saturated rings. The summed E-state index contributed by atoms with van der Waals surface area (Å²) in [5.74, 6) is 0.774. The van der Waals surface area contributed by atoms with Crippen LogP contribution in [-0.4, -0.2) is 29.9 Å². The number of likely N-dealkylation sites (tertiary alicyclic amines) is 1. The molecule has 2 rings (SSSR count). The second kappa shape index (κ2) is 7.43. The SMILES string of the molecule is CCc1sc(C(=O)N2CCC(C(C)N)CC2)cc1C.Cl. The molecule has 0 saturated carbocycles. The zero-order valence-corrected chi connectivity index (χ0v) is 14.1. The van der Waals surface area contributed by atoms with Gasteiger partial charge in [0, 0.05) is 24.0 Å². The Labute approximate surface area is 131 Å². The lowest BCUT2D eigenvalue weighted by atomic mass is 9.91. The van der Waals surface area contributed by atoms with E-state index >= 15 is 0 Å². The number of nitrogens with two attached hydrogens (primary N) is 1. The first-order chi connectivity index (χ1) is 9.02. The van der Waals surface area contributed by atoms with Crippen LogP contribution in [0.4, 0.5) is 0 Å². The minimum absolute atomic E-state index is 0. The molecule has 5 heteroatoms. The van der Waals surface area contributed by atoms with Crippen molar-refractivity contribution in [2.75, 3.05) is 13.1 Å². The lowest BCUT2D eigenvalue weighted by molar-refractivity contribution is 0.0686. The fraction of sp³-hybridized carbons (Fsp3) is 0.667. The number of thiophene rings is 1. The molecule has 1 amide bonds. The van der Waals surface area contributed by atoms with Gasteiger partial charge in [-0.25, -0.2) is 0 Å². The summed E-state index contributed by atoms with van der Waals surface area (Å²) in [5.41, 5.74) is 7.19. The standard InChI is InChI=1S/C15H24N2OS.ClH/c1-4-13-10(2)9-14(19-13)15(18)17-7-5-12(6-8-17)11(3)16;/h9,11-12H,4-8,16H2,1-3H3;1H. The molecule has 0 radical (unpaired) electrons. The summed E-state index contributed by atoms with van der Waals surface area (Å²) < 4.78 is 0. The van der Waals surface area contributed by atoms with Gasteiger partial charge in [-0.1, -0.05) is 6.92 Å². The van der Waals surface area contributed by atoms with Gasteiger partial charge >= 0.3 is 0 Å². The first-order valence-corrected chi connectivity index (χ1v) is 7.98. The smallest absolute Gasteiger partial charge is 0.263 e. The van der Waals surface area contributed by atoms with Gasteiger partial charge in [-0.05, 0) is 50.7 Å². The third-order valence-electron chi connectivity index (χ3n) is 4.12. The van der Waals surface area contributed by atoms with Crippen molar-refractivity contribution in [1.82, 2.24) is 4.90 Å². The lowest BCUT2D eigenvalue weighted by Crippen LogP contribution is -2.42. The Bertz CT molecular complexity index is 451. The molecule has 1 saturated heterocycles. The monoisotopic (exact) mass is 316 g/mol. The van der Waals surface area contributed by atoms with Crippen LogP contribution in [0.3, 0.4) is 0 Å². The van der Waals surface area contributed by atoms with Crippen LogP contribution in [0.25, 0.3) is 0 Å². The van der Waals surface area contributed by atoms with Crippen molar-refractivity contribution >= 4 is 29.7 Å².